The first-order chi connectivity index (χ1) is 13.1. The fourth-order valence-corrected chi connectivity index (χ4v) is 2.84. The molecule has 0 aliphatic carbocycles. The van der Waals surface area contributed by atoms with Crippen LogP contribution in [0.1, 0.15) is 29.9 Å². The quantitative estimate of drug-likeness (QED) is 0.505. The lowest BCUT2D eigenvalue weighted by molar-refractivity contribution is -0.127. The molecule has 2 rings (SSSR count). The van der Waals surface area contributed by atoms with Gasteiger partial charge in [0.05, 0.1) is 25.7 Å². The third-order valence-electron chi connectivity index (χ3n) is 4.24. The predicted octanol–water partition coefficient (Wildman–Crippen LogP) is 1.18. The Kier molecular flexibility index (Phi) is 8.48. The van der Waals surface area contributed by atoms with Gasteiger partial charge in [0.2, 0.25) is 11.8 Å². The van der Waals surface area contributed by atoms with Crippen LogP contribution in [0.4, 0.5) is 0 Å². The Morgan fingerprint density at radius 1 is 0.852 bits per heavy atom. The summed E-state index contributed by atoms with van der Waals surface area (Å²) >= 11 is 0. The minimum atomic E-state index is -1.11. The summed E-state index contributed by atoms with van der Waals surface area (Å²) in [5, 5.41) is 23.1. The van der Waals surface area contributed by atoms with Gasteiger partial charge in [0.1, 0.15) is 0 Å². The molecule has 2 aromatic rings. The van der Waals surface area contributed by atoms with Crippen molar-refractivity contribution < 1.29 is 19.8 Å². The molecule has 0 saturated carbocycles. The smallest absolute Gasteiger partial charge is 0.239 e. The van der Waals surface area contributed by atoms with Crippen LogP contribution in [-0.4, -0.2) is 47.8 Å². The van der Waals surface area contributed by atoms with Crippen LogP contribution in [0.15, 0.2) is 60.7 Å². The fraction of sp³-hybridized carbons (Fsp3) is 0.333. The molecule has 6 nitrogen and oxygen atoms in total. The highest BCUT2D eigenvalue weighted by molar-refractivity contribution is 5.84. The van der Waals surface area contributed by atoms with Gasteiger partial charge >= 0.3 is 0 Å². The topological polar surface area (TPSA) is 98.7 Å². The molecule has 0 aliphatic heterocycles. The molecule has 0 fully saturated rings. The second-order valence-corrected chi connectivity index (χ2v) is 6.33. The lowest BCUT2D eigenvalue weighted by Gasteiger charge is -2.18. The Labute approximate surface area is 159 Å². The van der Waals surface area contributed by atoms with Crippen molar-refractivity contribution in [2.24, 2.45) is 0 Å². The lowest BCUT2D eigenvalue weighted by atomic mass is 9.88. The largest absolute Gasteiger partial charge is 0.394 e. The number of amides is 2. The molecule has 0 bridgehead atoms. The van der Waals surface area contributed by atoms with E-state index in [1.54, 1.807) is 0 Å². The van der Waals surface area contributed by atoms with Gasteiger partial charge in [-0.15, -0.1) is 0 Å². The summed E-state index contributed by atoms with van der Waals surface area (Å²) < 4.78 is 0. The molecule has 0 aromatic heterocycles. The number of hydrogen-bond donors (Lipinski definition) is 4. The van der Waals surface area contributed by atoms with Crippen molar-refractivity contribution in [2.45, 2.75) is 24.9 Å². The number of rotatable bonds is 10. The molecule has 1 atom stereocenters. The molecule has 0 radical (unpaired) electrons. The van der Waals surface area contributed by atoms with Gasteiger partial charge in [-0.2, -0.15) is 0 Å². The lowest BCUT2D eigenvalue weighted by Crippen LogP contribution is -2.38. The molecule has 1 unspecified atom stereocenters. The van der Waals surface area contributed by atoms with Crippen molar-refractivity contribution in [3.63, 3.8) is 0 Å². The molecule has 0 spiro atoms. The standard InChI is InChI=1S/C21H26N2O4/c24-15-18(25)13-20(26)23-14-21(27)22-12-11-19(16-7-3-1-4-8-16)17-9-5-2-6-10-17/h1-10,18-19,24-25H,11-15H2,(H,22,27)(H,23,26). The van der Waals surface area contributed by atoms with Crippen LogP contribution in [-0.2, 0) is 9.59 Å². The highest BCUT2D eigenvalue weighted by Gasteiger charge is 2.15. The number of hydrogen-bond acceptors (Lipinski definition) is 4. The van der Waals surface area contributed by atoms with E-state index in [1.807, 2.05) is 36.4 Å². The number of benzene rings is 2. The van der Waals surface area contributed by atoms with Gasteiger partial charge < -0.3 is 20.8 Å². The average molecular weight is 370 g/mol. The minimum Gasteiger partial charge on any atom is -0.394 e. The Morgan fingerprint density at radius 2 is 1.41 bits per heavy atom. The van der Waals surface area contributed by atoms with Gasteiger partial charge in [0, 0.05) is 12.5 Å². The van der Waals surface area contributed by atoms with E-state index < -0.39 is 18.6 Å². The monoisotopic (exact) mass is 370 g/mol. The molecule has 4 N–H and O–H groups in total. The fourth-order valence-electron chi connectivity index (χ4n) is 2.84. The van der Waals surface area contributed by atoms with Crippen molar-refractivity contribution in [1.82, 2.24) is 10.6 Å². The predicted molar refractivity (Wildman–Crippen MR) is 103 cm³/mol. The average Bonchev–Trinajstić information content (AvgIpc) is 2.71. The van der Waals surface area contributed by atoms with Crippen LogP contribution < -0.4 is 10.6 Å². The van der Waals surface area contributed by atoms with E-state index in [1.165, 1.54) is 11.1 Å². The molecule has 144 valence electrons. The van der Waals surface area contributed by atoms with E-state index in [0.717, 1.165) is 6.42 Å². The molecular weight excluding hydrogens is 344 g/mol. The summed E-state index contributed by atoms with van der Waals surface area (Å²) in [4.78, 5) is 23.4. The van der Waals surface area contributed by atoms with Crippen molar-refractivity contribution in [2.75, 3.05) is 19.7 Å². The van der Waals surface area contributed by atoms with Crippen molar-refractivity contribution in [3.05, 3.63) is 71.8 Å². The van der Waals surface area contributed by atoms with E-state index >= 15 is 0 Å². The summed E-state index contributed by atoms with van der Waals surface area (Å²) in [5.41, 5.74) is 2.37. The maximum absolute atomic E-state index is 11.9. The number of aliphatic hydroxyl groups excluding tert-OH is 2. The van der Waals surface area contributed by atoms with Crippen LogP contribution in [0, 0.1) is 0 Å². The van der Waals surface area contributed by atoms with Gasteiger partial charge in [0.25, 0.3) is 0 Å². The first-order valence-electron chi connectivity index (χ1n) is 9.02. The Morgan fingerprint density at radius 3 is 1.93 bits per heavy atom. The van der Waals surface area contributed by atoms with Gasteiger partial charge in [-0.25, -0.2) is 0 Å². The van der Waals surface area contributed by atoms with Crippen LogP contribution in [0.2, 0.25) is 0 Å². The van der Waals surface area contributed by atoms with Gasteiger partial charge in [-0.1, -0.05) is 60.7 Å². The molecule has 0 saturated heterocycles. The summed E-state index contributed by atoms with van der Waals surface area (Å²) in [6, 6.07) is 20.3. The number of aliphatic hydroxyl groups is 2. The number of carbonyl (C=O) groups is 2. The van der Waals surface area contributed by atoms with Crippen molar-refractivity contribution >= 4 is 11.8 Å². The summed E-state index contributed by atoms with van der Waals surface area (Å²) in [6.45, 7) is -0.166. The second-order valence-electron chi connectivity index (χ2n) is 6.33. The van der Waals surface area contributed by atoms with Gasteiger partial charge in [-0.3, -0.25) is 9.59 Å². The summed E-state index contributed by atoms with van der Waals surface area (Å²) in [5.74, 6) is -0.596. The van der Waals surface area contributed by atoms with E-state index in [9.17, 15) is 14.7 Å². The van der Waals surface area contributed by atoms with E-state index in [0.29, 0.717) is 6.54 Å². The summed E-state index contributed by atoms with van der Waals surface area (Å²) in [6.07, 6.45) is -0.601. The summed E-state index contributed by atoms with van der Waals surface area (Å²) in [7, 11) is 0. The molecule has 0 aliphatic rings. The van der Waals surface area contributed by atoms with Gasteiger partial charge in [-0.05, 0) is 17.5 Å². The van der Waals surface area contributed by atoms with E-state index in [2.05, 4.69) is 34.9 Å². The van der Waals surface area contributed by atoms with E-state index in [4.69, 9.17) is 5.11 Å². The zero-order valence-corrected chi connectivity index (χ0v) is 15.2. The van der Waals surface area contributed by atoms with Crippen LogP contribution >= 0.6 is 0 Å². The highest BCUT2D eigenvalue weighted by Crippen LogP contribution is 2.27. The maximum Gasteiger partial charge on any atom is 0.239 e. The van der Waals surface area contributed by atoms with Crippen LogP contribution in [0.3, 0.4) is 0 Å². The third-order valence-corrected chi connectivity index (χ3v) is 4.24. The van der Waals surface area contributed by atoms with Crippen LogP contribution in [0.5, 0.6) is 0 Å². The second kappa shape index (κ2) is 11.1. The zero-order chi connectivity index (χ0) is 19.5. The van der Waals surface area contributed by atoms with Crippen LogP contribution in [0.25, 0.3) is 0 Å². The van der Waals surface area contributed by atoms with E-state index in [-0.39, 0.29) is 24.8 Å². The normalized spacial score (nSPS) is 11.8. The highest BCUT2D eigenvalue weighted by atomic mass is 16.3. The minimum absolute atomic E-state index is 0.154. The first kappa shape index (κ1) is 20.6. The molecule has 6 heteroatoms. The molecule has 27 heavy (non-hydrogen) atoms. The number of nitrogens with one attached hydrogen (secondary N) is 2. The zero-order valence-electron chi connectivity index (χ0n) is 15.2. The first-order valence-corrected chi connectivity index (χ1v) is 9.02. The Bertz CT molecular complexity index is 667. The maximum atomic E-state index is 11.9. The SMILES string of the molecule is O=C(CNC(=O)CC(O)CO)NCCC(c1ccccc1)c1ccccc1. The molecule has 0 heterocycles. The third kappa shape index (κ3) is 7.21. The Balaban J connectivity index is 1.83. The number of carbonyl (C=O) groups excluding carboxylic acids is 2. The molecule has 2 aromatic carbocycles. The van der Waals surface area contributed by atoms with Gasteiger partial charge in [0.15, 0.2) is 0 Å². The molecule has 2 amide bonds. The van der Waals surface area contributed by atoms with Crippen molar-refractivity contribution in [1.29, 1.82) is 0 Å². The van der Waals surface area contributed by atoms with Crippen molar-refractivity contribution in [3.8, 4) is 0 Å². The Hall–Kier alpha value is -2.70. The molecular formula is C21H26N2O4.